The topological polar surface area (TPSA) is 17.8 Å². The van der Waals surface area contributed by atoms with Gasteiger partial charge in [0.1, 0.15) is 0 Å². The zero-order valence-electron chi connectivity index (χ0n) is 7.94. The summed E-state index contributed by atoms with van der Waals surface area (Å²) in [6.07, 6.45) is 2.24. The average molecular weight is 190 g/mol. The molecule has 0 atom stereocenters. The van der Waals surface area contributed by atoms with Crippen molar-refractivity contribution in [3.05, 3.63) is 48.0 Å². The SMILES string of the molecule is CCc1cnn(-c2ccccc2)c1F. The van der Waals surface area contributed by atoms with Gasteiger partial charge in [0.25, 0.3) is 0 Å². The summed E-state index contributed by atoms with van der Waals surface area (Å²) in [6, 6.07) is 9.28. The van der Waals surface area contributed by atoms with Gasteiger partial charge in [-0.2, -0.15) is 9.49 Å². The number of aromatic nitrogens is 2. The van der Waals surface area contributed by atoms with Crippen LogP contribution in [0.3, 0.4) is 0 Å². The van der Waals surface area contributed by atoms with E-state index in [-0.39, 0.29) is 5.95 Å². The maximum absolute atomic E-state index is 13.6. The van der Waals surface area contributed by atoms with E-state index >= 15 is 0 Å². The summed E-state index contributed by atoms with van der Waals surface area (Å²) < 4.78 is 14.9. The van der Waals surface area contributed by atoms with Crippen LogP contribution in [0.2, 0.25) is 0 Å². The van der Waals surface area contributed by atoms with E-state index in [4.69, 9.17) is 0 Å². The van der Waals surface area contributed by atoms with Crippen LogP contribution in [0.1, 0.15) is 12.5 Å². The molecule has 1 heterocycles. The summed E-state index contributed by atoms with van der Waals surface area (Å²) in [4.78, 5) is 0. The van der Waals surface area contributed by atoms with Crippen molar-refractivity contribution in [1.29, 1.82) is 0 Å². The highest BCUT2D eigenvalue weighted by molar-refractivity contribution is 5.31. The fourth-order valence-electron chi connectivity index (χ4n) is 1.35. The Kier molecular flexibility index (Phi) is 2.31. The number of aryl methyl sites for hydroxylation is 1. The largest absolute Gasteiger partial charge is 0.219 e. The van der Waals surface area contributed by atoms with E-state index < -0.39 is 0 Å². The van der Waals surface area contributed by atoms with Crippen LogP contribution in [0.5, 0.6) is 0 Å². The van der Waals surface area contributed by atoms with E-state index in [0.29, 0.717) is 12.0 Å². The summed E-state index contributed by atoms with van der Waals surface area (Å²) in [5, 5.41) is 4.00. The van der Waals surface area contributed by atoms with Gasteiger partial charge in [-0.15, -0.1) is 0 Å². The molecule has 0 bridgehead atoms. The molecule has 2 aromatic rings. The number of hydrogen-bond acceptors (Lipinski definition) is 1. The first-order chi connectivity index (χ1) is 6.83. The molecule has 0 amide bonds. The Labute approximate surface area is 82.0 Å². The first-order valence-electron chi connectivity index (χ1n) is 4.60. The number of hydrogen-bond donors (Lipinski definition) is 0. The highest BCUT2D eigenvalue weighted by Crippen LogP contribution is 2.12. The molecule has 2 rings (SSSR count). The van der Waals surface area contributed by atoms with E-state index in [2.05, 4.69) is 5.10 Å². The van der Waals surface area contributed by atoms with Crippen molar-refractivity contribution in [2.75, 3.05) is 0 Å². The second-order valence-corrected chi connectivity index (χ2v) is 3.06. The van der Waals surface area contributed by atoms with Crippen LogP contribution in [0.15, 0.2) is 36.5 Å². The molecular weight excluding hydrogens is 179 g/mol. The minimum absolute atomic E-state index is 0.265. The first-order valence-corrected chi connectivity index (χ1v) is 4.60. The van der Waals surface area contributed by atoms with Crippen LogP contribution >= 0.6 is 0 Å². The van der Waals surface area contributed by atoms with Gasteiger partial charge in [0.2, 0.25) is 5.95 Å². The molecule has 1 aromatic carbocycles. The summed E-state index contributed by atoms with van der Waals surface area (Å²) in [7, 11) is 0. The van der Waals surface area contributed by atoms with Gasteiger partial charge in [0.15, 0.2) is 0 Å². The lowest BCUT2D eigenvalue weighted by atomic mass is 10.3. The minimum atomic E-state index is -0.265. The van der Waals surface area contributed by atoms with E-state index in [1.165, 1.54) is 4.68 Å². The number of nitrogens with zero attached hydrogens (tertiary/aromatic N) is 2. The summed E-state index contributed by atoms with van der Waals surface area (Å²) >= 11 is 0. The summed E-state index contributed by atoms with van der Waals surface area (Å²) in [5.41, 5.74) is 1.40. The molecule has 14 heavy (non-hydrogen) atoms. The molecule has 0 saturated carbocycles. The van der Waals surface area contributed by atoms with E-state index in [1.807, 2.05) is 37.3 Å². The van der Waals surface area contributed by atoms with Crippen LogP contribution in [-0.4, -0.2) is 9.78 Å². The van der Waals surface area contributed by atoms with Gasteiger partial charge in [0, 0.05) is 5.56 Å². The zero-order chi connectivity index (χ0) is 9.97. The van der Waals surface area contributed by atoms with Crippen molar-refractivity contribution < 1.29 is 4.39 Å². The Morgan fingerprint density at radius 2 is 2.00 bits per heavy atom. The number of benzene rings is 1. The van der Waals surface area contributed by atoms with Crippen LogP contribution in [-0.2, 0) is 6.42 Å². The van der Waals surface area contributed by atoms with Gasteiger partial charge in [-0.25, -0.2) is 4.68 Å². The molecular formula is C11H11FN2. The Morgan fingerprint density at radius 1 is 1.29 bits per heavy atom. The molecule has 3 heteroatoms. The summed E-state index contributed by atoms with van der Waals surface area (Å²) in [5.74, 6) is -0.265. The van der Waals surface area contributed by atoms with Crippen LogP contribution in [0.4, 0.5) is 4.39 Å². The predicted molar refractivity (Wildman–Crippen MR) is 52.9 cm³/mol. The van der Waals surface area contributed by atoms with Gasteiger partial charge in [-0.3, -0.25) is 0 Å². The number of para-hydroxylation sites is 1. The molecule has 0 unspecified atom stereocenters. The Balaban J connectivity index is 2.48. The summed E-state index contributed by atoms with van der Waals surface area (Å²) in [6.45, 7) is 1.91. The van der Waals surface area contributed by atoms with Crippen LogP contribution < -0.4 is 0 Å². The van der Waals surface area contributed by atoms with Crippen molar-refractivity contribution in [2.24, 2.45) is 0 Å². The number of halogens is 1. The van der Waals surface area contributed by atoms with Crippen LogP contribution in [0, 0.1) is 5.95 Å². The average Bonchev–Trinajstić information content (AvgIpc) is 2.61. The fraction of sp³-hybridized carbons (Fsp3) is 0.182. The lowest BCUT2D eigenvalue weighted by Crippen LogP contribution is -1.99. The molecule has 0 spiro atoms. The van der Waals surface area contributed by atoms with Crippen molar-refractivity contribution >= 4 is 0 Å². The quantitative estimate of drug-likeness (QED) is 0.711. The van der Waals surface area contributed by atoms with E-state index in [9.17, 15) is 4.39 Å². The molecule has 1 aromatic heterocycles. The Hall–Kier alpha value is -1.64. The normalized spacial score (nSPS) is 10.4. The Morgan fingerprint density at radius 3 is 2.57 bits per heavy atom. The third-order valence-electron chi connectivity index (χ3n) is 2.16. The molecule has 0 radical (unpaired) electrons. The van der Waals surface area contributed by atoms with Crippen LogP contribution in [0.25, 0.3) is 5.69 Å². The smallest absolute Gasteiger partial charge is 0.206 e. The third-order valence-corrected chi connectivity index (χ3v) is 2.16. The van der Waals surface area contributed by atoms with Gasteiger partial charge >= 0.3 is 0 Å². The van der Waals surface area contributed by atoms with Gasteiger partial charge in [-0.1, -0.05) is 25.1 Å². The molecule has 0 N–H and O–H groups in total. The molecule has 0 fully saturated rings. The molecule has 0 saturated heterocycles. The molecule has 0 aliphatic rings. The monoisotopic (exact) mass is 190 g/mol. The number of rotatable bonds is 2. The maximum Gasteiger partial charge on any atom is 0.219 e. The molecule has 2 nitrogen and oxygen atoms in total. The van der Waals surface area contributed by atoms with E-state index in [0.717, 1.165) is 5.69 Å². The third kappa shape index (κ3) is 1.41. The van der Waals surface area contributed by atoms with Crippen molar-refractivity contribution in [3.63, 3.8) is 0 Å². The van der Waals surface area contributed by atoms with Gasteiger partial charge < -0.3 is 0 Å². The minimum Gasteiger partial charge on any atom is -0.206 e. The second kappa shape index (κ2) is 3.62. The van der Waals surface area contributed by atoms with Gasteiger partial charge in [0.05, 0.1) is 11.9 Å². The standard InChI is InChI=1S/C11H11FN2/c1-2-9-8-13-14(11(9)12)10-6-4-3-5-7-10/h3-8H,2H2,1H3. The molecule has 0 aliphatic carbocycles. The second-order valence-electron chi connectivity index (χ2n) is 3.06. The zero-order valence-corrected chi connectivity index (χ0v) is 7.94. The van der Waals surface area contributed by atoms with Crippen molar-refractivity contribution in [1.82, 2.24) is 9.78 Å². The molecule has 0 aliphatic heterocycles. The lowest BCUT2D eigenvalue weighted by Gasteiger charge is -2.00. The highest BCUT2D eigenvalue weighted by atomic mass is 19.1. The predicted octanol–water partition coefficient (Wildman–Crippen LogP) is 2.57. The maximum atomic E-state index is 13.6. The fourth-order valence-corrected chi connectivity index (χ4v) is 1.35. The van der Waals surface area contributed by atoms with Gasteiger partial charge in [-0.05, 0) is 18.6 Å². The molecule has 72 valence electrons. The van der Waals surface area contributed by atoms with Crippen molar-refractivity contribution in [2.45, 2.75) is 13.3 Å². The Bertz CT molecular complexity index is 420. The van der Waals surface area contributed by atoms with E-state index in [1.54, 1.807) is 6.20 Å². The highest BCUT2D eigenvalue weighted by Gasteiger charge is 2.08. The first kappa shape index (κ1) is 8.94. The lowest BCUT2D eigenvalue weighted by molar-refractivity contribution is 0.527. The van der Waals surface area contributed by atoms with Crippen molar-refractivity contribution in [3.8, 4) is 5.69 Å².